The molecule has 0 saturated carbocycles. The molecule has 144 valence electrons. The van der Waals surface area contributed by atoms with Crippen LogP contribution >= 0.6 is 0 Å². The molecule has 28 heavy (non-hydrogen) atoms. The van der Waals surface area contributed by atoms with E-state index in [2.05, 4.69) is 4.72 Å². The van der Waals surface area contributed by atoms with Gasteiger partial charge >= 0.3 is 0 Å². The van der Waals surface area contributed by atoms with Gasteiger partial charge in [0.1, 0.15) is 5.75 Å². The van der Waals surface area contributed by atoms with E-state index in [4.69, 9.17) is 4.74 Å². The molecule has 1 aliphatic rings. The van der Waals surface area contributed by atoms with Crippen molar-refractivity contribution in [2.45, 2.75) is 30.4 Å². The third-order valence-electron chi connectivity index (χ3n) is 4.88. The number of sulfonamides is 1. The topological polar surface area (TPSA) is 75.6 Å². The Morgan fingerprint density at radius 2 is 1.71 bits per heavy atom. The van der Waals surface area contributed by atoms with Crippen LogP contribution in [0.4, 0.5) is 5.69 Å². The zero-order valence-corrected chi connectivity index (χ0v) is 16.2. The summed E-state index contributed by atoms with van der Waals surface area (Å²) in [4.78, 5) is 0.204. The first-order valence-corrected chi connectivity index (χ1v) is 10.5. The molecule has 0 unspecified atom stereocenters. The van der Waals surface area contributed by atoms with Crippen LogP contribution in [0.25, 0.3) is 0 Å². The summed E-state index contributed by atoms with van der Waals surface area (Å²) >= 11 is 0. The highest BCUT2D eigenvalue weighted by Gasteiger charge is 2.33. The maximum atomic E-state index is 12.7. The minimum atomic E-state index is -3.69. The molecule has 0 amide bonds. The van der Waals surface area contributed by atoms with Crippen molar-refractivity contribution in [2.75, 3.05) is 4.72 Å². The molecule has 0 spiro atoms. The molecular weight excluding hydrogens is 374 g/mol. The van der Waals surface area contributed by atoms with Crippen LogP contribution in [-0.2, 0) is 16.4 Å². The van der Waals surface area contributed by atoms with E-state index in [0.717, 1.165) is 16.7 Å². The van der Waals surface area contributed by atoms with Crippen molar-refractivity contribution >= 4 is 15.7 Å². The Morgan fingerprint density at radius 1 is 1.00 bits per heavy atom. The van der Waals surface area contributed by atoms with Crippen LogP contribution in [0.3, 0.4) is 0 Å². The average molecular weight is 395 g/mol. The first-order chi connectivity index (χ1) is 13.4. The highest BCUT2D eigenvalue weighted by molar-refractivity contribution is 7.92. The molecule has 1 aliphatic heterocycles. The van der Waals surface area contributed by atoms with Crippen molar-refractivity contribution in [1.29, 1.82) is 0 Å². The van der Waals surface area contributed by atoms with Crippen LogP contribution in [0.5, 0.6) is 5.75 Å². The Hall–Kier alpha value is -2.83. The van der Waals surface area contributed by atoms with Crippen molar-refractivity contribution < 1.29 is 18.3 Å². The Morgan fingerprint density at radius 3 is 2.43 bits per heavy atom. The molecule has 2 atom stereocenters. The van der Waals surface area contributed by atoms with E-state index >= 15 is 0 Å². The minimum absolute atomic E-state index is 0.204. The third kappa shape index (κ3) is 3.74. The van der Waals surface area contributed by atoms with E-state index in [0.29, 0.717) is 17.9 Å². The fraction of sp³-hybridized carbons (Fsp3) is 0.182. The van der Waals surface area contributed by atoms with Gasteiger partial charge in [-0.3, -0.25) is 4.72 Å². The zero-order chi connectivity index (χ0) is 19.7. The first-order valence-electron chi connectivity index (χ1n) is 9.04. The summed E-state index contributed by atoms with van der Waals surface area (Å²) in [5.41, 5.74) is 3.30. The molecule has 1 heterocycles. The summed E-state index contributed by atoms with van der Waals surface area (Å²) in [6.45, 7) is 1.91. The number of anilines is 1. The second-order valence-electron chi connectivity index (χ2n) is 6.98. The molecule has 0 aromatic heterocycles. The van der Waals surface area contributed by atoms with Crippen molar-refractivity contribution in [3.8, 4) is 5.75 Å². The largest absolute Gasteiger partial charge is 0.464 e. The smallest absolute Gasteiger partial charge is 0.261 e. The molecule has 4 rings (SSSR count). The van der Waals surface area contributed by atoms with Gasteiger partial charge in [0.15, 0.2) is 0 Å². The summed E-state index contributed by atoms with van der Waals surface area (Å²) in [7, 11) is -3.69. The van der Waals surface area contributed by atoms with Gasteiger partial charge in [0.25, 0.3) is 10.0 Å². The molecule has 5 nitrogen and oxygen atoms in total. The number of rotatable bonds is 5. The number of hydrogen-bond acceptors (Lipinski definition) is 4. The Bertz CT molecular complexity index is 1080. The lowest BCUT2D eigenvalue weighted by molar-refractivity contribution is -0.0180. The summed E-state index contributed by atoms with van der Waals surface area (Å²) < 4.78 is 33.5. The van der Waals surface area contributed by atoms with Crippen molar-refractivity contribution in [3.63, 3.8) is 0 Å². The van der Waals surface area contributed by atoms with Crippen LogP contribution < -0.4 is 9.46 Å². The van der Waals surface area contributed by atoms with Gasteiger partial charge in [-0.2, -0.15) is 0 Å². The lowest BCUT2D eigenvalue weighted by Crippen LogP contribution is -2.19. The van der Waals surface area contributed by atoms with Gasteiger partial charge in [-0.1, -0.05) is 48.0 Å². The fourth-order valence-electron chi connectivity index (χ4n) is 3.39. The van der Waals surface area contributed by atoms with Gasteiger partial charge in [0.2, 0.25) is 6.29 Å². The number of aryl methyl sites for hydroxylation is 1. The predicted octanol–water partition coefficient (Wildman–Crippen LogP) is 3.83. The lowest BCUT2D eigenvalue weighted by atomic mass is 9.92. The number of aliphatic hydroxyl groups is 1. The first kappa shape index (κ1) is 18.5. The number of aliphatic hydroxyl groups excluding tert-OH is 1. The van der Waals surface area contributed by atoms with E-state index in [1.165, 1.54) is 0 Å². The number of ether oxygens (including phenoxy) is 1. The number of benzene rings is 3. The van der Waals surface area contributed by atoms with E-state index < -0.39 is 16.3 Å². The van der Waals surface area contributed by atoms with E-state index in [-0.39, 0.29) is 10.8 Å². The van der Waals surface area contributed by atoms with Gasteiger partial charge in [0.05, 0.1) is 10.8 Å². The van der Waals surface area contributed by atoms with Gasteiger partial charge in [-0.15, -0.1) is 0 Å². The van der Waals surface area contributed by atoms with Crippen LogP contribution in [0, 0.1) is 6.92 Å². The van der Waals surface area contributed by atoms with Crippen molar-refractivity contribution in [2.24, 2.45) is 0 Å². The summed E-state index contributed by atoms with van der Waals surface area (Å²) in [5.74, 6) is 0.313. The molecule has 0 saturated heterocycles. The van der Waals surface area contributed by atoms with E-state index in [1.54, 1.807) is 42.5 Å². The number of hydrogen-bond donors (Lipinski definition) is 2. The van der Waals surface area contributed by atoms with Crippen molar-refractivity contribution in [3.05, 3.63) is 89.5 Å². The molecule has 3 aromatic rings. The van der Waals surface area contributed by atoms with Crippen LogP contribution in [-0.4, -0.2) is 19.8 Å². The maximum absolute atomic E-state index is 12.7. The SMILES string of the molecule is Cc1ccc(S(=O)(=O)Nc2ccc3c(c2)[C@@H](Cc2ccccc2)[C@H](O)O3)cc1. The highest BCUT2D eigenvalue weighted by Crippen LogP contribution is 2.41. The van der Waals surface area contributed by atoms with E-state index in [1.807, 2.05) is 37.3 Å². The Balaban J connectivity index is 1.60. The second-order valence-corrected chi connectivity index (χ2v) is 8.66. The molecule has 0 aliphatic carbocycles. The molecular formula is C22H21NO4S. The predicted molar refractivity (Wildman–Crippen MR) is 108 cm³/mol. The molecule has 3 aromatic carbocycles. The van der Waals surface area contributed by atoms with Crippen LogP contribution in [0.15, 0.2) is 77.7 Å². The molecule has 0 fully saturated rings. The molecule has 0 radical (unpaired) electrons. The summed E-state index contributed by atoms with van der Waals surface area (Å²) in [6, 6.07) is 21.6. The summed E-state index contributed by atoms with van der Waals surface area (Å²) in [6.07, 6.45) is -0.359. The van der Waals surface area contributed by atoms with Gasteiger partial charge in [-0.25, -0.2) is 8.42 Å². The van der Waals surface area contributed by atoms with Crippen LogP contribution in [0.2, 0.25) is 0 Å². The second kappa shape index (κ2) is 7.30. The summed E-state index contributed by atoms with van der Waals surface area (Å²) in [5, 5.41) is 10.3. The standard InChI is InChI=1S/C22H21NO4S/c1-15-7-10-18(11-8-15)28(25,26)23-17-9-12-21-19(14-17)20(22(24)27-21)13-16-5-3-2-4-6-16/h2-12,14,20,22-24H,13H2,1H3/t20-,22-/m1/s1. The minimum Gasteiger partial charge on any atom is -0.464 e. The maximum Gasteiger partial charge on any atom is 0.261 e. The lowest BCUT2D eigenvalue weighted by Gasteiger charge is -2.14. The van der Waals surface area contributed by atoms with Gasteiger partial charge in [0, 0.05) is 11.3 Å². The Kier molecular flexibility index (Phi) is 4.83. The highest BCUT2D eigenvalue weighted by atomic mass is 32.2. The molecule has 6 heteroatoms. The normalized spacial score (nSPS) is 18.4. The number of fused-ring (bicyclic) bond motifs is 1. The number of nitrogens with one attached hydrogen (secondary N) is 1. The molecule has 0 bridgehead atoms. The molecule has 2 N–H and O–H groups in total. The van der Waals surface area contributed by atoms with Gasteiger partial charge < -0.3 is 9.84 Å². The Labute approximate surface area is 164 Å². The zero-order valence-electron chi connectivity index (χ0n) is 15.4. The third-order valence-corrected chi connectivity index (χ3v) is 6.28. The van der Waals surface area contributed by atoms with Crippen LogP contribution in [0.1, 0.15) is 22.6 Å². The quantitative estimate of drug-likeness (QED) is 0.688. The average Bonchev–Trinajstić information content (AvgIpc) is 2.98. The van der Waals surface area contributed by atoms with E-state index in [9.17, 15) is 13.5 Å². The fourth-order valence-corrected chi connectivity index (χ4v) is 4.43. The van der Waals surface area contributed by atoms with Crippen molar-refractivity contribution in [1.82, 2.24) is 0 Å². The monoisotopic (exact) mass is 395 g/mol. The van der Waals surface area contributed by atoms with Gasteiger partial charge in [-0.05, 0) is 49.2 Å².